The molecule has 1 aromatic heterocycles. The fraction of sp³-hybridized carbons (Fsp3) is 0.0476. The van der Waals surface area contributed by atoms with Crippen molar-refractivity contribution in [1.29, 1.82) is 0 Å². The molecule has 4 aromatic rings. The van der Waals surface area contributed by atoms with Gasteiger partial charge >= 0.3 is 0 Å². The van der Waals surface area contributed by atoms with Crippen LogP contribution in [0.15, 0.2) is 73.3 Å². The summed E-state index contributed by atoms with van der Waals surface area (Å²) >= 11 is 0. The van der Waals surface area contributed by atoms with Gasteiger partial charge in [0.2, 0.25) is 0 Å². The first kappa shape index (κ1) is 13.6. The van der Waals surface area contributed by atoms with E-state index in [4.69, 9.17) is 0 Å². The van der Waals surface area contributed by atoms with E-state index in [1.807, 2.05) is 24.3 Å². The number of fused-ring (bicyclic) bond motifs is 3. The summed E-state index contributed by atoms with van der Waals surface area (Å²) in [6.07, 6.45) is 1.94. The SMILES string of the molecule is C=Cc1c(Nc2ccccc2)ccc2c3ccccc3n(C)c12. The quantitative estimate of drug-likeness (QED) is 0.512. The topological polar surface area (TPSA) is 17.0 Å². The third kappa shape index (κ3) is 2.11. The first-order valence-electron chi connectivity index (χ1n) is 7.74. The van der Waals surface area contributed by atoms with Gasteiger partial charge in [0.25, 0.3) is 0 Å². The Morgan fingerprint density at radius 3 is 2.39 bits per heavy atom. The molecule has 0 saturated heterocycles. The van der Waals surface area contributed by atoms with Gasteiger partial charge in [-0.15, -0.1) is 0 Å². The third-order valence-corrected chi connectivity index (χ3v) is 4.36. The summed E-state index contributed by atoms with van der Waals surface area (Å²) in [5, 5.41) is 6.04. The van der Waals surface area contributed by atoms with Gasteiger partial charge in [-0.05, 0) is 24.3 Å². The number of rotatable bonds is 3. The van der Waals surface area contributed by atoms with Crippen LogP contribution in [0.25, 0.3) is 27.9 Å². The average Bonchev–Trinajstić information content (AvgIpc) is 2.89. The molecule has 0 atom stereocenters. The van der Waals surface area contributed by atoms with Crippen molar-refractivity contribution < 1.29 is 0 Å². The second-order valence-electron chi connectivity index (χ2n) is 5.69. The van der Waals surface area contributed by atoms with Gasteiger partial charge in [0.1, 0.15) is 0 Å². The highest BCUT2D eigenvalue weighted by molar-refractivity contribution is 6.12. The van der Waals surface area contributed by atoms with Crippen LogP contribution in [-0.4, -0.2) is 4.57 Å². The Morgan fingerprint density at radius 2 is 1.61 bits per heavy atom. The minimum atomic E-state index is 1.07. The molecule has 23 heavy (non-hydrogen) atoms. The molecule has 1 heterocycles. The van der Waals surface area contributed by atoms with Crippen molar-refractivity contribution in [1.82, 2.24) is 4.57 Å². The zero-order valence-corrected chi connectivity index (χ0v) is 13.1. The molecule has 3 aromatic carbocycles. The van der Waals surface area contributed by atoms with Gasteiger partial charge in [-0.25, -0.2) is 0 Å². The van der Waals surface area contributed by atoms with Gasteiger partial charge in [0, 0.05) is 40.3 Å². The van der Waals surface area contributed by atoms with E-state index in [9.17, 15) is 0 Å². The highest BCUT2D eigenvalue weighted by Crippen LogP contribution is 2.35. The Hall–Kier alpha value is -3.00. The highest BCUT2D eigenvalue weighted by atomic mass is 15.0. The average molecular weight is 298 g/mol. The smallest absolute Gasteiger partial charge is 0.0583 e. The normalized spacial score (nSPS) is 11.0. The van der Waals surface area contributed by atoms with E-state index in [0.29, 0.717) is 0 Å². The molecule has 0 bridgehead atoms. The van der Waals surface area contributed by atoms with Gasteiger partial charge in [0.15, 0.2) is 0 Å². The van der Waals surface area contributed by atoms with E-state index < -0.39 is 0 Å². The van der Waals surface area contributed by atoms with Crippen molar-refractivity contribution in [3.8, 4) is 0 Å². The zero-order valence-electron chi connectivity index (χ0n) is 13.1. The number of aryl methyl sites for hydroxylation is 1. The molecule has 2 heteroatoms. The lowest BCUT2D eigenvalue weighted by atomic mass is 10.1. The van der Waals surface area contributed by atoms with Crippen LogP contribution in [0.3, 0.4) is 0 Å². The molecule has 0 saturated carbocycles. The minimum Gasteiger partial charge on any atom is -0.355 e. The number of aromatic nitrogens is 1. The lowest BCUT2D eigenvalue weighted by molar-refractivity contribution is 1.01. The van der Waals surface area contributed by atoms with Crippen molar-refractivity contribution in [3.63, 3.8) is 0 Å². The fourth-order valence-corrected chi connectivity index (χ4v) is 3.29. The zero-order chi connectivity index (χ0) is 15.8. The Balaban J connectivity index is 1.99. The van der Waals surface area contributed by atoms with Crippen LogP contribution in [0.5, 0.6) is 0 Å². The van der Waals surface area contributed by atoms with Crippen molar-refractivity contribution in [2.75, 3.05) is 5.32 Å². The largest absolute Gasteiger partial charge is 0.355 e. The van der Waals surface area contributed by atoms with E-state index in [1.165, 1.54) is 21.8 Å². The number of anilines is 2. The molecule has 0 aliphatic heterocycles. The standard InChI is InChI=1S/C21H18N2/c1-3-16-19(22-15-9-5-4-6-10-15)14-13-18-17-11-7-8-12-20(17)23(2)21(16)18/h3-14,22H,1H2,2H3. The van der Waals surface area contributed by atoms with Crippen molar-refractivity contribution in [3.05, 3.63) is 78.9 Å². The van der Waals surface area contributed by atoms with Crippen LogP contribution >= 0.6 is 0 Å². The molecule has 0 aliphatic rings. The van der Waals surface area contributed by atoms with Gasteiger partial charge in [-0.2, -0.15) is 0 Å². The van der Waals surface area contributed by atoms with Crippen LogP contribution in [-0.2, 0) is 7.05 Å². The van der Waals surface area contributed by atoms with Gasteiger partial charge in [0.05, 0.1) is 5.52 Å². The molecular weight excluding hydrogens is 280 g/mol. The maximum Gasteiger partial charge on any atom is 0.0583 e. The number of hydrogen-bond donors (Lipinski definition) is 1. The maximum absolute atomic E-state index is 4.04. The fourth-order valence-electron chi connectivity index (χ4n) is 3.29. The molecule has 0 radical (unpaired) electrons. The van der Waals surface area contributed by atoms with E-state index in [2.05, 4.69) is 72.0 Å². The first-order chi connectivity index (χ1) is 11.3. The number of benzene rings is 3. The molecule has 112 valence electrons. The third-order valence-electron chi connectivity index (χ3n) is 4.36. The number of nitrogens with one attached hydrogen (secondary N) is 1. The summed E-state index contributed by atoms with van der Waals surface area (Å²) in [4.78, 5) is 0. The van der Waals surface area contributed by atoms with Crippen molar-refractivity contribution in [2.45, 2.75) is 0 Å². The molecule has 2 nitrogen and oxygen atoms in total. The van der Waals surface area contributed by atoms with E-state index in [0.717, 1.165) is 16.9 Å². The minimum absolute atomic E-state index is 1.07. The lowest BCUT2D eigenvalue weighted by Gasteiger charge is -2.12. The molecule has 0 fully saturated rings. The molecule has 0 spiro atoms. The van der Waals surface area contributed by atoms with Crippen LogP contribution in [0.4, 0.5) is 11.4 Å². The van der Waals surface area contributed by atoms with E-state index in [1.54, 1.807) is 0 Å². The predicted molar refractivity (Wildman–Crippen MR) is 100 cm³/mol. The van der Waals surface area contributed by atoms with Gasteiger partial charge in [-0.3, -0.25) is 0 Å². The van der Waals surface area contributed by atoms with Gasteiger partial charge < -0.3 is 9.88 Å². The molecule has 0 amide bonds. The summed E-state index contributed by atoms with van der Waals surface area (Å²) in [6.45, 7) is 4.04. The predicted octanol–water partition coefficient (Wildman–Crippen LogP) is 5.72. The van der Waals surface area contributed by atoms with Crippen LogP contribution < -0.4 is 5.32 Å². The number of nitrogens with zero attached hydrogens (tertiary/aromatic N) is 1. The van der Waals surface area contributed by atoms with E-state index >= 15 is 0 Å². The molecule has 1 N–H and O–H groups in total. The van der Waals surface area contributed by atoms with Crippen molar-refractivity contribution in [2.24, 2.45) is 7.05 Å². The monoisotopic (exact) mass is 298 g/mol. The van der Waals surface area contributed by atoms with Gasteiger partial charge in [-0.1, -0.05) is 55.1 Å². The Labute approximate surface area is 135 Å². The summed E-state index contributed by atoms with van der Waals surface area (Å²) < 4.78 is 2.25. The molecule has 4 rings (SSSR count). The Bertz CT molecular complexity index is 1010. The second kappa shape index (κ2) is 5.33. The summed E-state index contributed by atoms with van der Waals surface area (Å²) in [5.41, 5.74) is 5.73. The highest BCUT2D eigenvalue weighted by Gasteiger charge is 2.13. The molecule has 0 unspecified atom stereocenters. The van der Waals surface area contributed by atoms with Crippen molar-refractivity contribution >= 4 is 39.3 Å². The van der Waals surface area contributed by atoms with Crippen LogP contribution in [0.2, 0.25) is 0 Å². The van der Waals surface area contributed by atoms with Crippen LogP contribution in [0, 0.1) is 0 Å². The molecule has 0 aliphatic carbocycles. The maximum atomic E-state index is 4.04. The first-order valence-corrected chi connectivity index (χ1v) is 7.74. The number of para-hydroxylation sites is 2. The lowest BCUT2D eigenvalue weighted by Crippen LogP contribution is -1.96. The Kier molecular flexibility index (Phi) is 3.16. The Morgan fingerprint density at radius 1 is 0.870 bits per heavy atom. The summed E-state index contributed by atoms with van der Waals surface area (Å²) in [5.74, 6) is 0. The number of hydrogen-bond acceptors (Lipinski definition) is 1. The van der Waals surface area contributed by atoms with Crippen LogP contribution in [0.1, 0.15) is 5.56 Å². The van der Waals surface area contributed by atoms with E-state index in [-0.39, 0.29) is 0 Å². The summed E-state index contributed by atoms with van der Waals surface area (Å²) in [7, 11) is 2.12. The second-order valence-corrected chi connectivity index (χ2v) is 5.69. The molecular formula is C21H18N2. The summed E-state index contributed by atoms with van der Waals surface area (Å²) in [6, 6.07) is 23.1.